The summed E-state index contributed by atoms with van der Waals surface area (Å²) in [5, 5.41) is 6.74. The average Bonchev–Trinajstić information content (AvgIpc) is 2.83. The highest BCUT2D eigenvalue weighted by Crippen LogP contribution is 2.17. The van der Waals surface area contributed by atoms with E-state index in [1.807, 2.05) is 0 Å². The van der Waals surface area contributed by atoms with Crippen LogP contribution in [0, 0.1) is 12.1 Å². The number of hydrogen-bond donors (Lipinski definition) is 1. The molecule has 0 atom stereocenters. The molecule has 19 heavy (non-hydrogen) atoms. The number of nitrogens with zero attached hydrogens (tertiary/aromatic N) is 2. The van der Waals surface area contributed by atoms with Crippen molar-refractivity contribution in [2.45, 2.75) is 26.4 Å². The van der Waals surface area contributed by atoms with Gasteiger partial charge in [-0.3, -0.25) is 4.68 Å². The van der Waals surface area contributed by atoms with Gasteiger partial charge in [-0.25, -0.2) is 8.78 Å². The Labute approximate surface area is 118 Å². The molecule has 0 bridgehead atoms. The number of aromatic nitrogens is 2. The molecule has 0 radical (unpaired) electrons. The lowest BCUT2D eigenvalue weighted by molar-refractivity contribution is 0.121. The van der Waals surface area contributed by atoms with Crippen molar-refractivity contribution in [3.63, 3.8) is 0 Å². The van der Waals surface area contributed by atoms with Gasteiger partial charge in [-0.1, -0.05) is 0 Å². The minimum Gasteiger partial charge on any atom is -0.364 e. The van der Waals surface area contributed by atoms with Gasteiger partial charge in [0, 0.05) is 16.6 Å². The lowest BCUT2D eigenvalue weighted by Gasteiger charge is -2.02. The highest BCUT2D eigenvalue weighted by molar-refractivity contribution is 7.10. The summed E-state index contributed by atoms with van der Waals surface area (Å²) in [6, 6.07) is 4.75. The Balaban J connectivity index is 0.00000180. The second-order valence-electron chi connectivity index (χ2n) is 3.80. The van der Waals surface area contributed by atoms with E-state index in [1.165, 1.54) is 10.7 Å². The summed E-state index contributed by atoms with van der Waals surface area (Å²) in [5.74, 6) is 0.516. The molecule has 0 aliphatic carbocycles. The van der Waals surface area contributed by atoms with Gasteiger partial charge in [0.05, 0.1) is 6.54 Å². The van der Waals surface area contributed by atoms with E-state index in [9.17, 15) is 13.2 Å². The summed E-state index contributed by atoms with van der Waals surface area (Å²) in [4.78, 5) is 0.827. The lowest BCUT2D eigenvalue weighted by Crippen LogP contribution is -2.10. The summed E-state index contributed by atoms with van der Waals surface area (Å²) < 4.78 is 38.5. The SMILES string of the molecule is Cc1cc(NCc2ccc(F)s2)nn1CC(F)F.Cl. The number of aryl methyl sites for hydroxylation is 1. The zero-order valence-corrected chi connectivity index (χ0v) is 11.7. The topological polar surface area (TPSA) is 29.9 Å². The van der Waals surface area contributed by atoms with E-state index in [0.717, 1.165) is 16.2 Å². The molecule has 0 saturated carbocycles. The second-order valence-corrected chi connectivity index (χ2v) is 4.92. The zero-order chi connectivity index (χ0) is 13.1. The van der Waals surface area contributed by atoms with E-state index >= 15 is 0 Å². The van der Waals surface area contributed by atoms with E-state index in [-0.39, 0.29) is 17.5 Å². The summed E-state index contributed by atoms with van der Waals surface area (Å²) in [7, 11) is 0. The van der Waals surface area contributed by atoms with Gasteiger partial charge >= 0.3 is 0 Å². The molecule has 2 rings (SSSR count). The van der Waals surface area contributed by atoms with Gasteiger partial charge in [-0.2, -0.15) is 9.49 Å². The first-order valence-corrected chi connectivity index (χ1v) is 6.17. The number of nitrogens with one attached hydrogen (secondary N) is 1. The highest BCUT2D eigenvalue weighted by atomic mass is 35.5. The minimum atomic E-state index is -2.43. The number of anilines is 1. The van der Waals surface area contributed by atoms with E-state index in [1.54, 1.807) is 19.1 Å². The number of thiophene rings is 1. The first kappa shape index (κ1) is 15.8. The number of halogens is 4. The molecule has 0 aliphatic heterocycles. The van der Waals surface area contributed by atoms with E-state index in [0.29, 0.717) is 18.1 Å². The van der Waals surface area contributed by atoms with Gasteiger partial charge < -0.3 is 5.32 Å². The molecule has 0 amide bonds. The highest BCUT2D eigenvalue weighted by Gasteiger charge is 2.09. The van der Waals surface area contributed by atoms with Gasteiger partial charge in [-0.05, 0) is 19.1 Å². The smallest absolute Gasteiger partial charge is 0.257 e. The monoisotopic (exact) mass is 311 g/mol. The van der Waals surface area contributed by atoms with Gasteiger partial charge in [0.15, 0.2) is 5.13 Å². The predicted molar refractivity (Wildman–Crippen MR) is 71.8 cm³/mol. The molecule has 1 N–H and O–H groups in total. The molecule has 2 aromatic rings. The molecule has 2 aromatic heterocycles. The third kappa shape index (κ3) is 4.43. The maximum atomic E-state index is 12.8. The van der Waals surface area contributed by atoms with Crippen molar-refractivity contribution in [1.29, 1.82) is 0 Å². The third-order valence-electron chi connectivity index (χ3n) is 2.36. The fourth-order valence-corrected chi connectivity index (χ4v) is 2.20. The summed E-state index contributed by atoms with van der Waals surface area (Å²) in [6.45, 7) is 1.73. The molecule has 0 aliphatic rings. The van der Waals surface area contributed by atoms with E-state index in [4.69, 9.17) is 0 Å². The van der Waals surface area contributed by atoms with Crippen molar-refractivity contribution >= 4 is 29.6 Å². The van der Waals surface area contributed by atoms with Crippen LogP contribution in [0.25, 0.3) is 0 Å². The lowest BCUT2D eigenvalue weighted by atomic mass is 10.4. The van der Waals surface area contributed by atoms with Crippen molar-refractivity contribution in [2.24, 2.45) is 0 Å². The fourth-order valence-electron chi connectivity index (χ4n) is 1.54. The first-order valence-electron chi connectivity index (χ1n) is 5.35. The van der Waals surface area contributed by atoms with Gasteiger partial charge in [-0.15, -0.1) is 23.7 Å². The van der Waals surface area contributed by atoms with Crippen molar-refractivity contribution in [2.75, 3.05) is 5.32 Å². The van der Waals surface area contributed by atoms with Crippen LogP contribution in [0.3, 0.4) is 0 Å². The maximum absolute atomic E-state index is 12.8. The molecular formula is C11H13ClF3N3S. The van der Waals surface area contributed by atoms with Crippen molar-refractivity contribution in [1.82, 2.24) is 9.78 Å². The van der Waals surface area contributed by atoms with E-state index < -0.39 is 13.0 Å². The van der Waals surface area contributed by atoms with Crippen LogP contribution < -0.4 is 5.32 Å². The normalized spacial score (nSPS) is 10.6. The molecule has 8 heteroatoms. The van der Waals surface area contributed by atoms with Crippen molar-refractivity contribution in [3.8, 4) is 0 Å². The van der Waals surface area contributed by atoms with Gasteiger partial charge in [0.1, 0.15) is 12.4 Å². The fraction of sp³-hybridized carbons (Fsp3) is 0.364. The molecular weight excluding hydrogens is 299 g/mol. The van der Waals surface area contributed by atoms with Gasteiger partial charge in [0.25, 0.3) is 6.43 Å². The van der Waals surface area contributed by atoms with Crippen LogP contribution in [0.4, 0.5) is 19.0 Å². The molecule has 3 nitrogen and oxygen atoms in total. The molecule has 2 heterocycles. The Hall–Kier alpha value is -1.21. The number of hydrogen-bond acceptors (Lipinski definition) is 3. The summed E-state index contributed by atoms with van der Waals surface area (Å²) in [5.41, 5.74) is 0.662. The largest absolute Gasteiger partial charge is 0.364 e. The van der Waals surface area contributed by atoms with Crippen LogP contribution in [0.15, 0.2) is 18.2 Å². The molecule has 0 fully saturated rings. The molecule has 0 aromatic carbocycles. The summed E-state index contributed by atoms with van der Waals surface area (Å²) >= 11 is 1.04. The minimum absolute atomic E-state index is 0. The molecule has 0 spiro atoms. The van der Waals surface area contributed by atoms with Crippen LogP contribution in [-0.2, 0) is 13.1 Å². The Morgan fingerprint density at radius 2 is 2.16 bits per heavy atom. The van der Waals surface area contributed by atoms with Crippen molar-refractivity contribution in [3.05, 3.63) is 33.9 Å². The third-order valence-corrected chi connectivity index (χ3v) is 3.24. The quantitative estimate of drug-likeness (QED) is 0.912. The second kappa shape index (κ2) is 6.81. The molecule has 106 valence electrons. The molecule has 0 unspecified atom stereocenters. The van der Waals surface area contributed by atoms with Crippen LogP contribution in [0.2, 0.25) is 0 Å². The van der Waals surface area contributed by atoms with Crippen LogP contribution in [0.5, 0.6) is 0 Å². The summed E-state index contributed by atoms with van der Waals surface area (Å²) in [6.07, 6.45) is -2.43. The average molecular weight is 312 g/mol. The van der Waals surface area contributed by atoms with E-state index in [2.05, 4.69) is 10.4 Å². The Bertz CT molecular complexity index is 527. The number of alkyl halides is 2. The first-order chi connectivity index (χ1) is 8.54. The van der Waals surface area contributed by atoms with Crippen LogP contribution in [-0.4, -0.2) is 16.2 Å². The Morgan fingerprint density at radius 3 is 2.74 bits per heavy atom. The Morgan fingerprint density at radius 1 is 1.42 bits per heavy atom. The predicted octanol–water partition coefficient (Wildman–Crippen LogP) is 3.69. The van der Waals surface area contributed by atoms with Gasteiger partial charge in [0.2, 0.25) is 0 Å². The number of rotatable bonds is 5. The van der Waals surface area contributed by atoms with Crippen LogP contribution >= 0.6 is 23.7 Å². The van der Waals surface area contributed by atoms with Crippen LogP contribution in [0.1, 0.15) is 10.6 Å². The standard InChI is InChI=1S/C11H12F3N3S.ClH/c1-7-4-11(16-17(7)6-9(12)13)15-5-8-2-3-10(14)18-8;/h2-4,9H,5-6H2,1H3,(H,15,16);1H. The maximum Gasteiger partial charge on any atom is 0.257 e. The van der Waals surface area contributed by atoms with Crippen molar-refractivity contribution < 1.29 is 13.2 Å². The molecule has 0 saturated heterocycles. The zero-order valence-electron chi connectivity index (χ0n) is 10.1. The Kier molecular flexibility index (Phi) is 5.68.